The van der Waals surface area contributed by atoms with Crippen molar-refractivity contribution < 1.29 is 8.78 Å². The number of H-pyrrole nitrogens is 1. The first kappa shape index (κ1) is 16.2. The predicted octanol–water partition coefficient (Wildman–Crippen LogP) is 3.18. The molecule has 1 aromatic carbocycles. The summed E-state index contributed by atoms with van der Waals surface area (Å²) in [5, 5.41) is 25.2. The Balaban J connectivity index is 1.77. The minimum Gasteiger partial charge on any atom is -0.360 e. The number of hydrogen-bond donors (Lipinski definition) is 2. The lowest BCUT2D eigenvalue weighted by Crippen LogP contribution is -1.94. The van der Waals surface area contributed by atoms with Crippen molar-refractivity contribution in [1.29, 1.82) is 5.26 Å². The molecular weight excluding hydrogens is 328 g/mol. The number of nitriles is 1. The molecule has 2 aromatic heterocycles. The van der Waals surface area contributed by atoms with Gasteiger partial charge in [0.1, 0.15) is 17.3 Å². The van der Waals surface area contributed by atoms with E-state index in [1.54, 1.807) is 36.4 Å². The van der Waals surface area contributed by atoms with Crippen molar-refractivity contribution in [3.8, 4) is 17.3 Å². The van der Waals surface area contributed by atoms with Crippen molar-refractivity contribution in [3.63, 3.8) is 0 Å². The van der Waals surface area contributed by atoms with Gasteiger partial charge in [-0.15, -0.1) is 10.2 Å². The lowest BCUT2D eigenvalue weighted by Gasteiger charge is -2.06. The Morgan fingerprint density at radius 3 is 2.64 bits per heavy atom. The fourth-order valence-electron chi connectivity index (χ4n) is 2.05. The Morgan fingerprint density at radius 1 is 1.20 bits per heavy atom. The van der Waals surface area contributed by atoms with Crippen LogP contribution < -0.4 is 5.32 Å². The maximum Gasteiger partial charge on any atom is 0.280 e. The Kier molecular flexibility index (Phi) is 4.71. The molecule has 0 unspecified atom stereocenters. The molecule has 2 N–H and O–H groups in total. The fraction of sp³-hybridized carbons (Fsp3) is 0.0625. The smallest absolute Gasteiger partial charge is 0.280 e. The van der Waals surface area contributed by atoms with Gasteiger partial charge in [-0.2, -0.15) is 10.5 Å². The van der Waals surface area contributed by atoms with Gasteiger partial charge in [0.25, 0.3) is 6.43 Å². The topological polar surface area (TPSA) is 103 Å². The second kappa shape index (κ2) is 7.27. The summed E-state index contributed by atoms with van der Waals surface area (Å²) in [6, 6.07) is 13.4. The summed E-state index contributed by atoms with van der Waals surface area (Å²) in [6.07, 6.45) is -1.16. The Bertz CT molecular complexity index is 912. The molecule has 3 aromatic rings. The molecule has 0 aliphatic rings. The average Bonchev–Trinajstić information content (AvgIpc) is 3.17. The molecule has 0 fully saturated rings. The van der Waals surface area contributed by atoms with E-state index in [0.29, 0.717) is 16.9 Å². The molecule has 3 rings (SSSR count). The predicted molar refractivity (Wildman–Crippen MR) is 86.0 cm³/mol. The lowest BCUT2D eigenvalue weighted by atomic mass is 10.1. The fourth-order valence-corrected chi connectivity index (χ4v) is 2.05. The number of pyridine rings is 1. The number of tetrazole rings is 1. The highest BCUT2D eigenvalue weighted by Gasteiger charge is 2.10. The quantitative estimate of drug-likeness (QED) is 0.692. The number of rotatable bonds is 5. The molecule has 0 amide bonds. The van der Waals surface area contributed by atoms with Crippen LogP contribution in [0.15, 0.2) is 48.7 Å². The zero-order chi connectivity index (χ0) is 17.6. The monoisotopic (exact) mass is 339 g/mol. The molecule has 0 saturated heterocycles. The highest BCUT2D eigenvalue weighted by atomic mass is 19.3. The lowest BCUT2D eigenvalue weighted by molar-refractivity contribution is 0.146. The molecule has 0 aliphatic carbocycles. The number of halogens is 2. The maximum absolute atomic E-state index is 12.7. The number of aromatic nitrogens is 5. The van der Waals surface area contributed by atoms with Crippen molar-refractivity contribution in [2.75, 3.05) is 5.32 Å². The second-order valence-corrected chi connectivity index (χ2v) is 4.88. The zero-order valence-corrected chi connectivity index (χ0v) is 12.7. The van der Waals surface area contributed by atoms with E-state index in [9.17, 15) is 8.78 Å². The van der Waals surface area contributed by atoms with Crippen LogP contribution in [0.1, 0.15) is 17.9 Å². The van der Waals surface area contributed by atoms with E-state index >= 15 is 0 Å². The van der Waals surface area contributed by atoms with E-state index in [-0.39, 0.29) is 17.1 Å². The van der Waals surface area contributed by atoms with Crippen LogP contribution in [0.2, 0.25) is 0 Å². The van der Waals surface area contributed by atoms with E-state index in [0.717, 1.165) is 0 Å². The van der Waals surface area contributed by atoms with Crippen LogP contribution >= 0.6 is 0 Å². The average molecular weight is 339 g/mol. The van der Waals surface area contributed by atoms with Gasteiger partial charge in [0.15, 0.2) is 0 Å². The van der Waals surface area contributed by atoms with E-state index in [2.05, 4.69) is 30.9 Å². The van der Waals surface area contributed by atoms with Crippen molar-refractivity contribution in [2.24, 2.45) is 0 Å². The number of benzene rings is 1. The van der Waals surface area contributed by atoms with Crippen LogP contribution in [0.5, 0.6) is 0 Å². The number of anilines is 1. The summed E-state index contributed by atoms with van der Waals surface area (Å²) in [5.74, 6) is 0.180. The number of nitrogens with zero attached hydrogens (tertiary/aromatic N) is 5. The summed E-state index contributed by atoms with van der Waals surface area (Å²) in [7, 11) is 0. The summed E-state index contributed by atoms with van der Waals surface area (Å²) < 4.78 is 25.5. The number of aromatic amines is 1. The molecule has 9 heteroatoms. The largest absolute Gasteiger partial charge is 0.360 e. The minimum absolute atomic E-state index is 0.180. The molecule has 25 heavy (non-hydrogen) atoms. The van der Waals surface area contributed by atoms with Gasteiger partial charge < -0.3 is 5.32 Å². The van der Waals surface area contributed by atoms with Gasteiger partial charge in [0, 0.05) is 17.5 Å². The summed E-state index contributed by atoms with van der Waals surface area (Å²) in [5.41, 5.74) is 1.82. The molecule has 124 valence electrons. The highest BCUT2D eigenvalue weighted by molar-refractivity contribution is 5.74. The van der Waals surface area contributed by atoms with Gasteiger partial charge in [-0.05, 0) is 29.5 Å². The van der Waals surface area contributed by atoms with Gasteiger partial charge in [-0.25, -0.2) is 13.8 Å². The van der Waals surface area contributed by atoms with Crippen LogP contribution in [0.25, 0.3) is 16.8 Å². The Hall–Kier alpha value is -3.67. The first-order chi connectivity index (χ1) is 12.2. The van der Waals surface area contributed by atoms with Crippen LogP contribution in [-0.4, -0.2) is 25.6 Å². The number of alkyl halides is 2. The molecule has 0 spiro atoms. The zero-order valence-electron chi connectivity index (χ0n) is 12.7. The summed E-state index contributed by atoms with van der Waals surface area (Å²) in [6.45, 7) is 0. The third kappa shape index (κ3) is 3.81. The van der Waals surface area contributed by atoms with Gasteiger partial charge >= 0.3 is 0 Å². The van der Waals surface area contributed by atoms with E-state index in [4.69, 9.17) is 5.26 Å². The van der Waals surface area contributed by atoms with Crippen LogP contribution in [0.3, 0.4) is 0 Å². The SMILES string of the molecule is N#CC(=CNc1ccc(-c2cccc(C(F)F)n2)cc1)c1nn[nH]n1. The molecule has 7 nitrogen and oxygen atoms in total. The summed E-state index contributed by atoms with van der Waals surface area (Å²) >= 11 is 0. The minimum atomic E-state index is -2.61. The Labute approximate surface area is 141 Å². The number of nitrogens with one attached hydrogen (secondary N) is 2. The molecular formula is C16H11F2N7. The highest BCUT2D eigenvalue weighted by Crippen LogP contribution is 2.23. The number of allylic oxidation sites excluding steroid dienone is 1. The van der Waals surface area contributed by atoms with Crippen molar-refractivity contribution in [1.82, 2.24) is 25.6 Å². The van der Waals surface area contributed by atoms with Crippen molar-refractivity contribution in [3.05, 3.63) is 60.2 Å². The molecule has 0 atom stereocenters. The van der Waals surface area contributed by atoms with E-state index in [1.165, 1.54) is 12.3 Å². The maximum atomic E-state index is 12.7. The van der Waals surface area contributed by atoms with Gasteiger partial charge in [-0.3, -0.25) is 0 Å². The van der Waals surface area contributed by atoms with E-state index < -0.39 is 6.43 Å². The molecule has 0 saturated carbocycles. The first-order valence-electron chi connectivity index (χ1n) is 7.13. The molecule has 0 bridgehead atoms. The van der Waals surface area contributed by atoms with Crippen molar-refractivity contribution >= 4 is 11.3 Å². The third-order valence-corrected chi connectivity index (χ3v) is 3.26. The Morgan fingerprint density at radius 2 is 2.00 bits per heavy atom. The normalized spacial score (nSPS) is 11.4. The standard InChI is InChI=1S/C16H11F2N7/c17-15(18)14-3-1-2-13(21-14)10-4-6-12(7-5-10)20-9-11(8-19)16-22-24-25-23-16/h1-7,9,15,20H,(H,22,23,24,25). The number of hydrogen-bond acceptors (Lipinski definition) is 6. The van der Waals surface area contributed by atoms with Crippen LogP contribution in [0, 0.1) is 11.3 Å². The van der Waals surface area contributed by atoms with Crippen molar-refractivity contribution in [2.45, 2.75) is 6.43 Å². The molecule has 2 heterocycles. The second-order valence-electron chi connectivity index (χ2n) is 4.88. The van der Waals surface area contributed by atoms with Gasteiger partial charge in [0.2, 0.25) is 5.82 Å². The summed E-state index contributed by atoms with van der Waals surface area (Å²) in [4.78, 5) is 3.94. The van der Waals surface area contributed by atoms with Gasteiger partial charge in [-0.1, -0.05) is 18.2 Å². The molecule has 0 aliphatic heterocycles. The van der Waals surface area contributed by atoms with Gasteiger partial charge in [0.05, 0.1) is 5.69 Å². The first-order valence-corrected chi connectivity index (χ1v) is 7.13. The third-order valence-electron chi connectivity index (χ3n) is 3.26. The van der Waals surface area contributed by atoms with Crippen LogP contribution in [0.4, 0.5) is 14.5 Å². The van der Waals surface area contributed by atoms with E-state index in [1.807, 2.05) is 6.07 Å². The molecule has 0 radical (unpaired) electrons. The van der Waals surface area contributed by atoms with Crippen LogP contribution in [-0.2, 0) is 0 Å².